The average molecular weight is 469 g/mol. The maximum absolute atomic E-state index is 3.12. The van der Waals surface area contributed by atoms with Crippen LogP contribution >= 0.6 is 0 Å². The molecule has 0 unspecified atom stereocenters. The summed E-state index contributed by atoms with van der Waals surface area (Å²) < 4.78 is 0. The van der Waals surface area contributed by atoms with Gasteiger partial charge in [0.2, 0.25) is 0 Å². The molecule has 0 amide bonds. The van der Waals surface area contributed by atoms with Gasteiger partial charge < -0.3 is 19.9 Å². The molecule has 0 radical (unpaired) electrons. The van der Waals surface area contributed by atoms with Gasteiger partial charge in [-0.25, -0.2) is 0 Å². The fourth-order valence-corrected chi connectivity index (χ4v) is 3.98. The smallest absolute Gasteiger partial charge is 0.0453 e. The molecule has 4 aromatic carbocycles. The minimum Gasteiger partial charge on any atom is -0.361 e. The first-order chi connectivity index (χ1) is 17.9. The molecule has 4 heteroatoms. The molecule has 4 aromatic heterocycles. The number of hydrogen-bond acceptors (Lipinski definition) is 0. The molecule has 4 N–H and O–H groups in total. The number of H-pyrrole nitrogens is 4. The van der Waals surface area contributed by atoms with E-state index in [4.69, 9.17) is 0 Å². The van der Waals surface area contributed by atoms with Crippen molar-refractivity contribution in [1.82, 2.24) is 19.9 Å². The Labute approximate surface area is 209 Å². The van der Waals surface area contributed by atoms with Crippen LogP contribution in [0.5, 0.6) is 0 Å². The number of aromatic nitrogens is 4. The zero-order valence-electron chi connectivity index (χ0n) is 19.9. The van der Waals surface area contributed by atoms with E-state index in [1.807, 2.05) is 73.3 Å². The summed E-state index contributed by atoms with van der Waals surface area (Å²) in [7, 11) is 0. The van der Waals surface area contributed by atoms with Crippen LogP contribution in [0.2, 0.25) is 0 Å². The van der Waals surface area contributed by atoms with Crippen LogP contribution in [-0.2, 0) is 0 Å². The highest BCUT2D eigenvalue weighted by Crippen LogP contribution is 2.11. The first kappa shape index (κ1) is 22.8. The van der Waals surface area contributed by atoms with E-state index in [-0.39, 0.29) is 0 Å². The molecule has 8 rings (SSSR count). The normalized spacial score (nSPS) is 10.2. The Morgan fingerprint density at radius 1 is 0.250 bits per heavy atom. The minimum atomic E-state index is 1.21. The lowest BCUT2D eigenvalue weighted by Gasteiger charge is -1.83. The van der Waals surface area contributed by atoms with Gasteiger partial charge in [0.15, 0.2) is 0 Å². The molecule has 0 fully saturated rings. The van der Waals surface area contributed by atoms with Gasteiger partial charge in [0, 0.05) is 46.9 Å². The monoisotopic (exact) mass is 468 g/mol. The predicted molar refractivity (Wildman–Crippen MR) is 153 cm³/mol. The zero-order chi connectivity index (χ0) is 24.4. The third-order valence-corrected chi connectivity index (χ3v) is 5.85. The summed E-state index contributed by atoms with van der Waals surface area (Å²) in [5.74, 6) is 0. The Morgan fingerprint density at radius 3 is 0.694 bits per heavy atom. The molecular weight excluding hydrogens is 440 g/mol. The maximum atomic E-state index is 3.12. The Hall–Kier alpha value is -4.96. The number of benzene rings is 4. The molecule has 0 saturated carbocycles. The van der Waals surface area contributed by atoms with Gasteiger partial charge in [-0.15, -0.1) is 0 Å². The van der Waals surface area contributed by atoms with Gasteiger partial charge in [0.1, 0.15) is 0 Å². The standard InChI is InChI=1S/4C8H7N/c4*1-2-4-8-7(3-1)5-6-9-8/h4*1-6,9H. The van der Waals surface area contributed by atoms with Gasteiger partial charge in [-0.1, -0.05) is 72.8 Å². The van der Waals surface area contributed by atoms with E-state index < -0.39 is 0 Å². The highest BCUT2D eigenvalue weighted by Gasteiger charge is 1.89. The lowest BCUT2D eigenvalue weighted by Crippen LogP contribution is -1.61. The van der Waals surface area contributed by atoms with Crippen molar-refractivity contribution < 1.29 is 0 Å². The molecule has 0 saturated heterocycles. The Kier molecular flexibility index (Phi) is 7.26. The number of hydrogen-bond donors (Lipinski definition) is 4. The Balaban J connectivity index is 0.0000000988. The van der Waals surface area contributed by atoms with Crippen molar-refractivity contribution >= 4 is 43.6 Å². The second-order valence-corrected chi connectivity index (χ2v) is 8.26. The quantitative estimate of drug-likeness (QED) is 0.172. The van der Waals surface area contributed by atoms with Crippen molar-refractivity contribution in [2.24, 2.45) is 0 Å². The van der Waals surface area contributed by atoms with Crippen LogP contribution in [0.25, 0.3) is 43.6 Å². The van der Waals surface area contributed by atoms with Crippen molar-refractivity contribution in [2.75, 3.05) is 0 Å². The predicted octanol–water partition coefficient (Wildman–Crippen LogP) is 8.67. The summed E-state index contributed by atoms with van der Waals surface area (Å²) in [6, 6.07) is 41.1. The first-order valence-electron chi connectivity index (χ1n) is 12.0. The van der Waals surface area contributed by atoms with Gasteiger partial charge in [-0.3, -0.25) is 0 Å². The maximum Gasteiger partial charge on any atom is 0.0453 e. The third kappa shape index (κ3) is 5.75. The van der Waals surface area contributed by atoms with E-state index >= 15 is 0 Å². The molecule has 0 aliphatic rings. The average Bonchev–Trinajstić information content (AvgIpc) is 3.76. The molecule has 36 heavy (non-hydrogen) atoms. The molecule has 4 heterocycles. The van der Waals surface area contributed by atoms with Crippen molar-refractivity contribution in [3.63, 3.8) is 0 Å². The fourth-order valence-electron chi connectivity index (χ4n) is 3.98. The van der Waals surface area contributed by atoms with Crippen LogP contribution in [0.1, 0.15) is 0 Å². The molecule has 176 valence electrons. The highest BCUT2D eigenvalue weighted by molar-refractivity contribution is 5.80. The number of fused-ring (bicyclic) bond motifs is 4. The minimum absolute atomic E-state index is 1.21. The van der Waals surface area contributed by atoms with E-state index in [0.717, 1.165) is 0 Å². The van der Waals surface area contributed by atoms with Gasteiger partial charge in [-0.05, 0) is 70.1 Å². The van der Waals surface area contributed by atoms with Gasteiger partial charge in [0.05, 0.1) is 0 Å². The van der Waals surface area contributed by atoms with Crippen LogP contribution in [0.15, 0.2) is 146 Å². The number of para-hydroxylation sites is 4. The van der Waals surface area contributed by atoms with E-state index in [2.05, 4.69) is 92.7 Å². The summed E-state index contributed by atoms with van der Waals surface area (Å²) in [4.78, 5) is 12.5. The summed E-state index contributed by atoms with van der Waals surface area (Å²) >= 11 is 0. The van der Waals surface area contributed by atoms with E-state index in [0.29, 0.717) is 0 Å². The Bertz CT molecular complexity index is 1380. The van der Waals surface area contributed by atoms with Crippen LogP contribution in [0.4, 0.5) is 0 Å². The molecule has 8 aromatic rings. The second-order valence-electron chi connectivity index (χ2n) is 8.26. The molecule has 0 aliphatic heterocycles. The molecule has 0 atom stereocenters. The largest absolute Gasteiger partial charge is 0.361 e. The van der Waals surface area contributed by atoms with Crippen LogP contribution in [-0.4, -0.2) is 19.9 Å². The van der Waals surface area contributed by atoms with Gasteiger partial charge in [-0.2, -0.15) is 0 Å². The van der Waals surface area contributed by atoms with Crippen molar-refractivity contribution in [1.29, 1.82) is 0 Å². The summed E-state index contributed by atoms with van der Waals surface area (Å²) in [6.45, 7) is 0. The Morgan fingerprint density at radius 2 is 0.472 bits per heavy atom. The van der Waals surface area contributed by atoms with E-state index in [9.17, 15) is 0 Å². The van der Waals surface area contributed by atoms with Crippen molar-refractivity contribution in [3.05, 3.63) is 146 Å². The number of rotatable bonds is 0. The van der Waals surface area contributed by atoms with E-state index in [1.54, 1.807) is 0 Å². The SMILES string of the molecule is c1ccc2[nH]ccc2c1.c1ccc2[nH]ccc2c1.c1ccc2[nH]ccc2c1.c1ccc2[nH]ccc2c1. The van der Waals surface area contributed by atoms with Crippen molar-refractivity contribution in [3.8, 4) is 0 Å². The number of aromatic amines is 4. The lowest BCUT2D eigenvalue weighted by atomic mass is 10.3. The van der Waals surface area contributed by atoms with Gasteiger partial charge in [0.25, 0.3) is 0 Å². The summed E-state index contributed by atoms with van der Waals surface area (Å²) in [5, 5.41) is 5.10. The molecule has 4 nitrogen and oxygen atoms in total. The van der Waals surface area contributed by atoms with Crippen molar-refractivity contribution in [2.45, 2.75) is 0 Å². The number of nitrogens with one attached hydrogen (secondary N) is 4. The molecule has 0 aliphatic carbocycles. The molecule has 0 bridgehead atoms. The summed E-state index contributed by atoms with van der Waals surface area (Å²) in [5.41, 5.74) is 4.82. The van der Waals surface area contributed by atoms with Gasteiger partial charge >= 0.3 is 0 Å². The van der Waals surface area contributed by atoms with Crippen LogP contribution in [0.3, 0.4) is 0 Å². The lowest BCUT2D eigenvalue weighted by molar-refractivity contribution is 1.48. The third-order valence-electron chi connectivity index (χ3n) is 5.85. The molecule has 0 spiro atoms. The topological polar surface area (TPSA) is 63.2 Å². The first-order valence-corrected chi connectivity index (χ1v) is 12.0. The second kappa shape index (κ2) is 11.4. The summed E-state index contributed by atoms with van der Waals surface area (Å²) in [6.07, 6.45) is 7.80. The van der Waals surface area contributed by atoms with Crippen LogP contribution < -0.4 is 0 Å². The fraction of sp³-hybridized carbons (Fsp3) is 0. The van der Waals surface area contributed by atoms with E-state index in [1.165, 1.54) is 43.6 Å². The van der Waals surface area contributed by atoms with Crippen LogP contribution in [0, 0.1) is 0 Å². The highest BCUT2D eigenvalue weighted by atomic mass is 14.7. The molecular formula is C32H28N4. The zero-order valence-corrected chi connectivity index (χ0v) is 19.9.